The van der Waals surface area contributed by atoms with Crippen LogP contribution >= 0.6 is 0 Å². The Morgan fingerprint density at radius 3 is 2.38 bits per heavy atom. The number of phenolic OH excluding ortho intramolecular Hbond substituents is 1. The van der Waals surface area contributed by atoms with Gasteiger partial charge in [-0.15, -0.1) is 0 Å². The summed E-state index contributed by atoms with van der Waals surface area (Å²) in [5.74, 6) is -2.23. The first-order chi connectivity index (χ1) is 15.1. The molecule has 3 rings (SSSR count). The molecule has 0 saturated carbocycles. The summed E-state index contributed by atoms with van der Waals surface area (Å²) in [6, 6.07) is 8.60. The number of non-ortho nitro benzene ring substituents is 1. The lowest BCUT2D eigenvalue weighted by molar-refractivity contribution is -0.384. The number of aliphatic hydroxyl groups is 1. The predicted molar refractivity (Wildman–Crippen MR) is 115 cm³/mol. The van der Waals surface area contributed by atoms with Crippen molar-refractivity contribution in [1.29, 1.82) is 0 Å². The van der Waals surface area contributed by atoms with Gasteiger partial charge >= 0.3 is 0 Å². The van der Waals surface area contributed by atoms with Crippen LogP contribution in [0.2, 0.25) is 0 Å². The molecule has 1 heterocycles. The van der Waals surface area contributed by atoms with E-state index in [1.165, 1.54) is 54.5 Å². The first-order valence-corrected chi connectivity index (χ1v) is 9.70. The third kappa shape index (κ3) is 4.26. The SMILES string of the molecule is COc1ccc(C(O)=C2C(=O)C(=O)N(CCN(C)C)[C@H]2c2ccc([N+](=O)[O-])cc2)c(O)c1. The summed E-state index contributed by atoms with van der Waals surface area (Å²) in [6.07, 6.45) is 0. The zero-order chi connectivity index (χ0) is 23.6. The molecule has 0 radical (unpaired) electrons. The van der Waals surface area contributed by atoms with Gasteiger partial charge < -0.3 is 24.7 Å². The molecule has 0 bridgehead atoms. The van der Waals surface area contributed by atoms with Crippen molar-refractivity contribution in [3.8, 4) is 11.5 Å². The van der Waals surface area contributed by atoms with Gasteiger partial charge in [0.25, 0.3) is 17.4 Å². The molecule has 1 aliphatic heterocycles. The predicted octanol–water partition coefficient (Wildman–Crippen LogP) is 2.29. The van der Waals surface area contributed by atoms with E-state index >= 15 is 0 Å². The van der Waals surface area contributed by atoms with E-state index in [1.807, 2.05) is 19.0 Å². The number of carbonyl (C=O) groups excluding carboxylic acids is 2. The summed E-state index contributed by atoms with van der Waals surface area (Å²) >= 11 is 0. The number of ketones is 1. The fourth-order valence-electron chi connectivity index (χ4n) is 3.53. The van der Waals surface area contributed by atoms with Crippen molar-refractivity contribution in [1.82, 2.24) is 9.80 Å². The summed E-state index contributed by atoms with van der Waals surface area (Å²) in [4.78, 5) is 39.4. The molecule has 168 valence electrons. The van der Waals surface area contributed by atoms with Gasteiger partial charge in [0.05, 0.1) is 29.2 Å². The minimum atomic E-state index is -0.975. The van der Waals surface area contributed by atoms with Crippen LogP contribution in [0.3, 0.4) is 0 Å². The highest BCUT2D eigenvalue weighted by Gasteiger charge is 2.46. The summed E-state index contributed by atoms with van der Waals surface area (Å²) in [6.45, 7) is 0.634. The number of Topliss-reactive ketones (excluding diaryl/α,β-unsaturated/α-hetero) is 1. The number of likely N-dealkylation sites (tertiary alicyclic amines) is 1. The largest absolute Gasteiger partial charge is 0.507 e. The molecule has 32 heavy (non-hydrogen) atoms. The number of ether oxygens (including phenoxy) is 1. The van der Waals surface area contributed by atoms with Crippen LogP contribution in [0.25, 0.3) is 5.76 Å². The molecule has 2 aromatic carbocycles. The molecule has 10 nitrogen and oxygen atoms in total. The average Bonchev–Trinajstić information content (AvgIpc) is 3.01. The van der Waals surface area contributed by atoms with Gasteiger partial charge in [-0.2, -0.15) is 0 Å². The van der Waals surface area contributed by atoms with Crippen LogP contribution in [0, 0.1) is 10.1 Å². The first-order valence-electron chi connectivity index (χ1n) is 9.70. The Balaban J connectivity index is 2.16. The van der Waals surface area contributed by atoms with E-state index < -0.39 is 28.4 Å². The van der Waals surface area contributed by atoms with Crippen LogP contribution in [0.4, 0.5) is 5.69 Å². The molecule has 0 aromatic heterocycles. The number of aromatic hydroxyl groups is 1. The van der Waals surface area contributed by atoms with Crippen molar-refractivity contribution in [3.63, 3.8) is 0 Å². The number of phenols is 1. The molecule has 1 amide bonds. The standard InChI is InChI=1S/C22H23N3O7/c1-23(2)10-11-24-19(13-4-6-14(7-5-13)25(30)31)18(21(28)22(24)29)20(27)16-9-8-15(32-3)12-17(16)26/h4-9,12,19,26-27H,10-11H2,1-3H3/t19-/m0/s1. The molecule has 2 N–H and O–H groups in total. The van der Waals surface area contributed by atoms with Crippen molar-refractivity contribution in [2.24, 2.45) is 0 Å². The van der Waals surface area contributed by atoms with Crippen LogP contribution < -0.4 is 4.74 Å². The van der Waals surface area contributed by atoms with Gasteiger partial charge in [0.2, 0.25) is 0 Å². The maximum atomic E-state index is 12.9. The number of amides is 1. The van der Waals surface area contributed by atoms with E-state index in [-0.39, 0.29) is 29.1 Å². The lowest BCUT2D eigenvalue weighted by Gasteiger charge is -2.26. The van der Waals surface area contributed by atoms with Crippen LogP contribution in [0.15, 0.2) is 48.0 Å². The van der Waals surface area contributed by atoms with E-state index in [4.69, 9.17) is 4.74 Å². The molecule has 0 spiro atoms. The van der Waals surface area contributed by atoms with Gasteiger partial charge in [-0.1, -0.05) is 0 Å². The fraction of sp³-hybridized carbons (Fsp3) is 0.273. The minimum absolute atomic E-state index is 0.0386. The highest BCUT2D eigenvalue weighted by atomic mass is 16.6. The van der Waals surface area contributed by atoms with Crippen molar-refractivity contribution in [2.45, 2.75) is 6.04 Å². The Morgan fingerprint density at radius 2 is 1.84 bits per heavy atom. The first kappa shape index (κ1) is 22.8. The number of methoxy groups -OCH3 is 1. The summed E-state index contributed by atoms with van der Waals surface area (Å²) < 4.78 is 5.04. The smallest absolute Gasteiger partial charge is 0.295 e. The van der Waals surface area contributed by atoms with Gasteiger partial charge in [-0.3, -0.25) is 19.7 Å². The second-order valence-electron chi connectivity index (χ2n) is 7.53. The van der Waals surface area contributed by atoms with E-state index in [2.05, 4.69) is 0 Å². The quantitative estimate of drug-likeness (QED) is 0.220. The second-order valence-corrected chi connectivity index (χ2v) is 7.53. The van der Waals surface area contributed by atoms with Crippen molar-refractivity contribution >= 4 is 23.1 Å². The summed E-state index contributed by atoms with van der Waals surface area (Å²) in [7, 11) is 5.04. The third-order valence-corrected chi connectivity index (χ3v) is 5.21. The second kappa shape index (κ2) is 9.06. The number of benzene rings is 2. The number of nitro benzene ring substituents is 1. The van der Waals surface area contributed by atoms with Gasteiger partial charge in [0.15, 0.2) is 0 Å². The number of hydrogen-bond acceptors (Lipinski definition) is 8. The normalized spacial score (nSPS) is 17.8. The fourth-order valence-corrected chi connectivity index (χ4v) is 3.53. The van der Waals surface area contributed by atoms with Crippen LogP contribution in [0.5, 0.6) is 11.5 Å². The number of nitro groups is 1. The molecule has 2 aromatic rings. The van der Waals surface area contributed by atoms with Gasteiger partial charge in [0, 0.05) is 31.3 Å². The van der Waals surface area contributed by atoms with Gasteiger partial charge in [0.1, 0.15) is 17.3 Å². The molecule has 1 fully saturated rings. The number of nitrogens with zero attached hydrogens (tertiary/aromatic N) is 3. The Bertz CT molecular complexity index is 1090. The number of likely N-dealkylation sites (N-methyl/N-ethyl adjacent to an activating group) is 1. The summed E-state index contributed by atoms with van der Waals surface area (Å²) in [5, 5.41) is 32.3. The minimum Gasteiger partial charge on any atom is -0.507 e. The molecule has 1 aliphatic rings. The van der Waals surface area contributed by atoms with Gasteiger partial charge in [-0.25, -0.2) is 0 Å². The van der Waals surface area contributed by atoms with E-state index in [1.54, 1.807) is 0 Å². The highest BCUT2D eigenvalue weighted by Crippen LogP contribution is 2.41. The molecular weight excluding hydrogens is 418 g/mol. The van der Waals surface area contributed by atoms with Crippen molar-refractivity contribution in [2.75, 3.05) is 34.3 Å². The topological polar surface area (TPSA) is 133 Å². The molecule has 0 unspecified atom stereocenters. The number of carbonyl (C=O) groups is 2. The number of rotatable bonds is 7. The monoisotopic (exact) mass is 441 g/mol. The Kier molecular flexibility index (Phi) is 6.45. The third-order valence-electron chi connectivity index (χ3n) is 5.21. The maximum absolute atomic E-state index is 12.9. The molecule has 10 heteroatoms. The lowest BCUT2D eigenvalue weighted by Crippen LogP contribution is -2.35. The lowest BCUT2D eigenvalue weighted by atomic mass is 9.95. The van der Waals surface area contributed by atoms with E-state index in [0.717, 1.165) is 0 Å². The Hall–Kier alpha value is -3.92. The van der Waals surface area contributed by atoms with Crippen LogP contribution in [-0.2, 0) is 9.59 Å². The molecule has 0 aliphatic carbocycles. The number of aliphatic hydroxyl groups excluding tert-OH is 1. The van der Waals surface area contributed by atoms with E-state index in [9.17, 15) is 29.9 Å². The van der Waals surface area contributed by atoms with E-state index in [0.29, 0.717) is 17.9 Å². The summed E-state index contributed by atoms with van der Waals surface area (Å²) in [5.41, 5.74) is 0.0290. The molecule has 1 saturated heterocycles. The van der Waals surface area contributed by atoms with Crippen molar-refractivity contribution in [3.05, 3.63) is 69.3 Å². The van der Waals surface area contributed by atoms with Crippen LogP contribution in [-0.4, -0.2) is 70.9 Å². The average molecular weight is 441 g/mol. The van der Waals surface area contributed by atoms with Gasteiger partial charge in [-0.05, 0) is 43.9 Å². The molecular formula is C22H23N3O7. The zero-order valence-electron chi connectivity index (χ0n) is 17.8. The van der Waals surface area contributed by atoms with Crippen molar-refractivity contribution < 1.29 is 29.5 Å². The zero-order valence-corrected chi connectivity index (χ0v) is 17.8. The maximum Gasteiger partial charge on any atom is 0.295 e. The Labute approximate surface area is 184 Å². The van der Waals surface area contributed by atoms with Crippen LogP contribution in [0.1, 0.15) is 17.2 Å². The highest BCUT2D eigenvalue weighted by molar-refractivity contribution is 6.46. The molecule has 1 atom stereocenters. The number of hydrogen-bond donors (Lipinski definition) is 2. The Morgan fingerprint density at radius 1 is 1.19 bits per heavy atom.